The molecule has 8 heteroatoms. The summed E-state index contributed by atoms with van der Waals surface area (Å²) >= 11 is 1.46. The largest absolute Gasteiger partial charge is 0.456 e. The van der Waals surface area contributed by atoms with Gasteiger partial charge in [-0.05, 0) is 19.1 Å². The normalized spacial score (nSPS) is 10.4. The molecule has 7 nitrogen and oxygen atoms in total. The van der Waals surface area contributed by atoms with Gasteiger partial charge in [-0.15, -0.1) is 11.3 Å². The van der Waals surface area contributed by atoms with E-state index in [4.69, 9.17) is 4.74 Å². The molecule has 27 heavy (non-hydrogen) atoms. The van der Waals surface area contributed by atoms with Crippen LogP contribution in [0.25, 0.3) is 10.6 Å². The van der Waals surface area contributed by atoms with Crippen molar-refractivity contribution in [1.29, 1.82) is 0 Å². The van der Waals surface area contributed by atoms with Gasteiger partial charge in [-0.2, -0.15) is 0 Å². The van der Waals surface area contributed by atoms with Crippen LogP contribution in [0.15, 0.2) is 53.9 Å². The summed E-state index contributed by atoms with van der Waals surface area (Å²) in [5.41, 5.74) is 1.96. The molecule has 0 spiro atoms. The van der Waals surface area contributed by atoms with Crippen molar-refractivity contribution in [2.75, 3.05) is 11.9 Å². The highest BCUT2D eigenvalue weighted by Crippen LogP contribution is 2.26. The summed E-state index contributed by atoms with van der Waals surface area (Å²) < 4.78 is 5.26. The Balaban J connectivity index is 1.68. The lowest BCUT2D eigenvalue weighted by atomic mass is 10.1. The van der Waals surface area contributed by atoms with Gasteiger partial charge in [-0.1, -0.05) is 30.3 Å². The minimum Gasteiger partial charge on any atom is -0.456 e. The van der Waals surface area contributed by atoms with E-state index >= 15 is 0 Å². The van der Waals surface area contributed by atoms with Crippen LogP contribution in [0.2, 0.25) is 0 Å². The van der Waals surface area contributed by atoms with Gasteiger partial charge in [0, 0.05) is 23.6 Å². The molecular formula is C19H17N3O4S. The standard InChI is InChI=1S/C19H17N3O4S/c1-2-20-16-9-8-14(10-17(16)22(24)25)19(23)26-11-15-12-27-18(21-15)13-6-4-3-5-7-13/h3-10,12,20H,2,11H2,1H3. The SMILES string of the molecule is CCNc1ccc(C(=O)OCc2csc(-c3ccccc3)n2)cc1[N+](=O)[O-]. The number of nitrogens with zero attached hydrogens (tertiary/aromatic N) is 2. The first kappa shape index (κ1) is 18.5. The molecule has 138 valence electrons. The molecule has 0 bridgehead atoms. The number of ether oxygens (including phenoxy) is 1. The smallest absolute Gasteiger partial charge is 0.338 e. The third kappa shape index (κ3) is 4.48. The molecule has 0 atom stereocenters. The Morgan fingerprint density at radius 1 is 1.26 bits per heavy atom. The molecule has 1 N–H and O–H groups in total. The summed E-state index contributed by atoms with van der Waals surface area (Å²) in [7, 11) is 0. The maximum Gasteiger partial charge on any atom is 0.338 e. The highest BCUT2D eigenvalue weighted by molar-refractivity contribution is 7.13. The number of nitro groups is 1. The van der Waals surface area contributed by atoms with Crippen molar-refractivity contribution in [3.05, 3.63) is 75.3 Å². The van der Waals surface area contributed by atoms with Gasteiger partial charge < -0.3 is 10.1 Å². The van der Waals surface area contributed by atoms with E-state index in [0.29, 0.717) is 17.9 Å². The number of benzene rings is 2. The summed E-state index contributed by atoms with van der Waals surface area (Å²) in [5.74, 6) is -0.629. The fourth-order valence-electron chi connectivity index (χ4n) is 2.46. The number of nitro benzene ring substituents is 1. The number of thiazole rings is 1. The second-order valence-corrected chi connectivity index (χ2v) is 6.46. The van der Waals surface area contributed by atoms with Crippen molar-refractivity contribution in [3.63, 3.8) is 0 Å². The molecule has 3 aromatic rings. The van der Waals surface area contributed by atoms with Crippen molar-refractivity contribution in [2.45, 2.75) is 13.5 Å². The zero-order valence-corrected chi connectivity index (χ0v) is 15.4. The lowest BCUT2D eigenvalue weighted by Crippen LogP contribution is -2.08. The van der Waals surface area contributed by atoms with E-state index in [1.54, 1.807) is 0 Å². The minimum absolute atomic E-state index is 0.00489. The average Bonchev–Trinajstić information content (AvgIpc) is 3.16. The molecule has 0 aliphatic carbocycles. The van der Waals surface area contributed by atoms with Crippen molar-refractivity contribution < 1.29 is 14.5 Å². The second-order valence-electron chi connectivity index (χ2n) is 5.61. The van der Waals surface area contributed by atoms with Crippen LogP contribution < -0.4 is 5.32 Å². The Hall–Kier alpha value is -3.26. The number of aromatic nitrogens is 1. The molecule has 0 saturated carbocycles. The Morgan fingerprint density at radius 2 is 2.04 bits per heavy atom. The van der Waals surface area contributed by atoms with Crippen LogP contribution in [-0.2, 0) is 11.3 Å². The lowest BCUT2D eigenvalue weighted by molar-refractivity contribution is -0.384. The van der Waals surface area contributed by atoms with Gasteiger partial charge in [0.25, 0.3) is 5.69 Å². The minimum atomic E-state index is -0.629. The first-order valence-electron chi connectivity index (χ1n) is 8.27. The van der Waals surface area contributed by atoms with Gasteiger partial charge >= 0.3 is 5.97 Å². The van der Waals surface area contributed by atoms with Gasteiger partial charge in [0.1, 0.15) is 17.3 Å². The maximum atomic E-state index is 12.2. The van der Waals surface area contributed by atoms with Gasteiger partial charge in [0.15, 0.2) is 0 Å². The summed E-state index contributed by atoms with van der Waals surface area (Å²) in [6.45, 7) is 2.38. The number of carbonyl (C=O) groups is 1. The molecule has 0 aliphatic heterocycles. The van der Waals surface area contributed by atoms with E-state index in [1.807, 2.05) is 42.6 Å². The summed E-state index contributed by atoms with van der Waals surface area (Å²) in [6, 6.07) is 13.9. The molecule has 1 heterocycles. The number of esters is 1. The Labute approximate surface area is 159 Å². The van der Waals surface area contributed by atoms with E-state index in [9.17, 15) is 14.9 Å². The lowest BCUT2D eigenvalue weighted by Gasteiger charge is -2.07. The molecule has 0 amide bonds. The highest BCUT2D eigenvalue weighted by Gasteiger charge is 2.18. The van der Waals surface area contributed by atoms with Crippen LogP contribution in [0.3, 0.4) is 0 Å². The highest BCUT2D eigenvalue weighted by atomic mass is 32.1. The van der Waals surface area contributed by atoms with Crippen LogP contribution >= 0.6 is 11.3 Å². The summed E-state index contributed by atoms with van der Waals surface area (Å²) in [5, 5.41) is 16.8. The van der Waals surface area contributed by atoms with E-state index in [-0.39, 0.29) is 17.9 Å². The van der Waals surface area contributed by atoms with E-state index in [2.05, 4.69) is 10.3 Å². The molecule has 0 fully saturated rings. The molecule has 0 aliphatic rings. The van der Waals surface area contributed by atoms with E-state index < -0.39 is 10.9 Å². The summed E-state index contributed by atoms with van der Waals surface area (Å²) in [6.07, 6.45) is 0. The Morgan fingerprint density at radius 3 is 2.74 bits per heavy atom. The van der Waals surface area contributed by atoms with E-state index in [1.165, 1.54) is 29.5 Å². The maximum absolute atomic E-state index is 12.2. The second kappa shape index (κ2) is 8.41. The molecule has 3 rings (SSSR count). The summed E-state index contributed by atoms with van der Waals surface area (Å²) in [4.78, 5) is 27.4. The number of hydrogen-bond donors (Lipinski definition) is 1. The fraction of sp³-hybridized carbons (Fsp3) is 0.158. The molecule has 0 saturated heterocycles. The molecule has 2 aromatic carbocycles. The van der Waals surface area contributed by atoms with Crippen molar-refractivity contribution in [3.8, 4) is 10.6 Å². The monoisotopic (exact) mass is 383 g/mol. The zero-order valence-electron chi connectivity index (χ0n) is 14.5. The third-order valence-electron chi connectivity index (χ3n) is 3.72. The van der Waals surface area contributed by atoms with Crippen molar-refractivity contribution in [2.24, 2.45) is 0 Å². The number of anilines is 1. The Bertz CT molecular complexity index is 957. The number of rotatable bonds is 7. The Kier molecular flexibility index (Phi) is 5.77. The molecule has 0 radical (unpaired) electrons. The van der Waals surface area contributed by atoms with Crippen molar-refractivity contribution in [1.82, 2.24) is 4.98 Å². The van der Waals surface area contributed by atoms with Gasteiger partial charge in [-0.3, -0.25) is 10.1 Å². The average molecular weight is 383 g/mol. The molecule has 1 aromatic heterocycles. The van der Waals surface area contributed by atoms with Gasteiger partial charge in [-0.25, -0.2) is 9.78 Å². The predicted molar refractivity (Wildman–Crippen MR) is 104 cm³/mol. The van der Waals surface area contributed by atoms with Crippen molar-refractivity contribution >= 4 is 28.7 Å². The van der Waals surface area contributed by atoms with Gasteiger partial charge in [0.2, 0.25) is 0 Å². The zero-order chi connectivity index (χ0) is 19.2. The van der Waals surface area contributed by atoms with Crippen LogP contribution in [0, 0.1) is 10.1 Å². The quantitative estimate of drug-likeness (QED) is 0.366. The number of hydrogen-bond acceptors (Lipinski definition) is 7. The first-order valence-corrected chi connectivity index (χ1v) is 9.15. The van der Waals surface area contributed by atoms with Crippen LogP contribution in [0.4, 0.5) is 11.4 Å². The van der Waals surface area contributed by atoms with Crippen LogP contribution in [0.5, 0.6) is 0 Å². The molecular weight excluding hydrogens is 366 g/mol. The topological polar surface area (TPSA) is 94.4 Å². The first-order chi connectivity index (χ1) is 13.1. The van der Waals surface area contributed by atoms with E-state index in [0.717, 1.165) is 10.6 Å². The number of nitrogens with one attached hydrogen (secondary N) is 1. The number of carbonyl (C=O) groups excluding carboxylic acids is 1. The molecule has 0 unspecified atom stereocenters. The third-order valence-corrected chi connectivity index (χ3v) is 4.66. The van der Waals surface area contributed by atoms with Gasteiger partial charge in [0.05, 0.1) is 16.2 Å². The predicted octanol–water partition coefficient (Wildman–Crippen LogP) is 4.51. The fourth-order valence-corrected chi connectivity index (χ4v) is 3.27. The van der Waals surface area contributed by atoms with Crippen LogP contribution in [0.1, 0.15) is 23.0 Å². The van der Waals surface area contributed by atoms with Crippen LogP contribution in [-0.4, -0.2) is 22.4 Å².